The van der Waals surface area contributed by atoms with Gasteiger partial charge in [-0.1, -0.05) is 15.9 Å². The van der Waals surface area contributed by atoms with Crippen LogP contribution in [0.5, 0.6) is 5.75 Å². The lowest BCUT2D eigenvalue weighted by Crippen LogP contribution is -2.19. The molecular weight excluding hydrogens is 376 g/mol. The van der Waals surface area contributed by atoms with Gasteiger partial charge in [0, 0.05) is 21.3 Å². The van der Waals surface area contributed by atoms with E-state index in [1.165, 1.54) is 0 Å². The van der Waals surface area contributed by atoms with Gasteiger partial charge >= 0.3 is 0 Å². The zero-order valence-corrected chi connectivity index (χ0v) is 14.6. The number of nitrogens with zero attached hydrogens (tertiary/aromatic N) is 1. The minimum absolute atomic E-state index is 0.0527. The molecule has 3 rings (SSSR count). The van der Waals surface area contributed by atoms with E-state index in [1.54, 1.807) is 19.1 Å². The third-order valence-electron chi connectivity index (χ3n) is 3.58. The van der Waals surface area contributed by atoms with E-state index in [0.29, 0.717) is 35.8 Å². The molecule has 6 nitrogen and oxygen atoms in total. The zero-order valence-electron chi connectivity index (χ0n) is 13.0. The molecule has 24 heavy (non-hydrogen) atoms. The highest BCUT2D eigenvalue weighted by Gasteiger charge is 2.19. The molecule has 1 saturated heterocycles. The van der Waals surface area contributed by atoms with Crippen molar-refractivity contribution in [2.75, 3.05) is 19.8 Å². The molecule has 0 amide bonds. The summed E-state index contributed by atoms with van der Waals surface area (Å²) in [7, 11) is 0. The molecule has 0 spiro atoms. The molecule has 2 heterocycles. The van der Waals surface area contributed by atoms with Crippen molar-refractivity contribution in [3.05, 3.63) is 50.3 Å². The Balaban J connectivity index is 2.02. The van der Waals surface area contributed by atoms with E-state index in [2.05, 4.69) is 20.9 Å². The van der Waals surface area contributed by atoms with Crippen molar-refractivity contribution in [1.82, 2.24) is 4.98 Å². The van der Waals surface area contributed by atoms with Gasteiger partial charge in [-0.3, -0.25) is 4.79 Å². The fourth-order valence-corrected chi connectivity index (χ4v) is 2.87. The number of aromatic nitrogens is 1. The van der Waals surface area contributed by atoms with Gasteiger partial charge in [0.15, 0.2) is 6.29 Å². The first-order valence-corrected chi connectivity index (χ1v) is 8.17. The molecule has 1 aliphatic rings. The average Bonchev–Trinajstić information content (AvgIpc) is 3.06. The number of rotatable bonds is 4. The molecule has 7 heteroatoms. The van der Waals surface area contributed by atoms with Crippen LogP contribution in [0.4, 0.5) is 0 Å². The highest BCUT2D eigenvalue weighted by Crippen LogP contribution is 2.34. The van der Waals surface area contributed by atoms with E-state index in [9.17, 15) is 10.1 Å². The molecule has 1 aromatic carbocycles. The zero-order chi connectivity index (χ0) is 17.1. The van der Waals surface area contributed by atoms with Gasteiger partial charge in [-0.2, -0.15) is 5.26 Å². The highest BCUT2D eigenvalue weighted by atomic mass is 79.9. The largest absolute Gasteiger partial charge is 0.488 e. The summed E-state index contributed by atoms with van der Waals surface area (Å²) in [6, 6.07) is 9.17. The van der Waals surface area contributed by atoms with Crippen molar-refractivity contribution in [2.45, 2.75) is 13.2 Å². The summed E-state index contributed by atoms with van der Waals surface area (Å²) in [6.45, 7) is 3.10. The van der Waals surface area contributed by atoms with E-state index >= 15 is 0 Å². The van der Waals surface area contributed by atoms with Crippen LogP contribution in [-0.2, 0) is 9.47 Å². The third-order valence-corrected chi connectivity index (χ3v) is 4.07. The molecule has 0 radical (unpaired) electrons. The molecule has 0 unspecified atom stereocenters. The van der Waals surface area contributed by atoms with Crippen LogP contribution in [0.1, 0.15) is 11.3 Å². The second-order valence-electron chi connectivity index (χ2n) is 5.30. The summed E-state index contributed by atoms with van der Waals surface area (Å²) in [5.41, 5.74) is 1.50. The topological polar surface area (TPSA) is 84.3 Å². The van der Waals surface area contributed by atoms with Crippen molar-refractivity contribution >= 4 is 15.9 Å². The number of benzene rings is 1. The maximum atomic E-state index is 12.1. The number of nitrogens with one attached hydrogen (secondary N) is 1. The van der Waals surface area contributed by atoms with Crippen molar-refractivity contribution in [1.29, 1.82) is 5.26 Å². The second-order valence-corrected chi connectivity index (χ2v) is 6.22. The molecule has 0 saturated carbocycles. The number of nitriles is 1. The number of hydrogen-bond donors (Lipinski definition) is 1. The van der Waals surface area contributed by atoms with Crippen molar-refractivity contribution in [2.24, 2.45) is 0 Å². The van der Waals surface area contributed by atoms with Crippen molar-refractivity contribution in [3.63, 3.8) is 0 Å². The summed E-state index contributed by atoms with van der Waals surface area (Å²) in [5.74, 6) is 0.554. The maximum absolute atomic E-state index is 12.1. The lowest BCUT2D eigenvalue weighted by Gasteiger charge is -2.15. The van der Waals surface area contributed by atoms with Gasteiger partial charge in [0.1, 0.15) is 24.0 Å². The maximum Gasteiger partial charge on any atom is 0.266 e. The fourth-order valence-electron chi connectivity index (χ4n) is 2.51. The smallest absolute Gasteiger partial charge is 0.266 e. The van der Waals surface area contributed by atoms with Crippen LogP contribution in [0.25, 0.3) is 11.1 Å². The molecule has 2 aromatic rings. The Kier molecular flexibility index (Phi) is 5.00. The Labute approximate surface area is 147 Å². The summed E-state index contributed by atoms with van der Waals surface area (Å²) < 4.78 is 17.4. The third kappa shape index (κ3) is 3.51. The number of aromatic amines is 1. The first-order chi connectivity index (χ1) is 11.6. The Bertz CT molecular complexity index is 851. The Morgan fingerprint density at radius 2 is 2.08 bits per heavy atom. The predicted molar refractivity (Wildman–Crippen MR) is 90.8 cm³/mol. The normalized spacial score (nSPS) is 14.5. The van der Waals surface area contributed by atoms with Gasteiger partial charge in [-0.05, 0) is 31.2 Å². The van der Waals surface area contributed by atoms with Gasteiger partial charge in [-0.25, -0.2) is 0 Å². The van der Waals surface area contributed by atoms with Crippen LogP contribution in [0, 0.1) is 18.3 Å². The monoisotopic (exact) mass is 390 g/mol. The molecule has 0 atom stereocenters. The van der Waals surface area contributed by atoms with Crippen LogP contribution in [0.3, 0.4) is 0 Å². The molecule has 1 fully saturated rings. The van der Waals surface area contributed by atoms with E-state index < -0.39 is 11.8 Å². The number of halogens is 1. The van der Waals surface area contributed by atoms with Crippen molar-refractivity contribution < 1.29 is 14.2 Å². The van der Waals surface area contributed by atoms with Gasteiger partial charge in [0.25, 0.3) is 5.56 Å². The predicted octanol–water partition coefficient (Wildman–Crippen LogP) is 2.74. The molecule has 0 aliphatic carbocycles. The highest BCUT2D eigenvalue weighted by molar-refractivity contribution is 9.10. The fraction of sp³-hybridized carbons (Fsp3) is 0.294. The van der Waals surface area contributed by atoms with E-state index in [0.717, 1.165) is 4.47 Å². The quantitative estimate of drug-likeness (QED) is 0.867. The lowest BCUT2D eigenvalue weighted by molar-refractivity contribution is -0.0683. The Morgan fingerprint density at radius 3 is 2.79 bits per heavy atom. The summed E-state index contributed by atoms with van der Waals surface area (Å²) in [5, 5.41) is 9.35. The van der Waals surface area contributed by atoms with Crippen LogP contribution in [0.15, 0.2) is 33.5 Å². The first-order valence-electron chi connectivity index (χ1n) is 7.38. The van der Waals surface area contributed by atoms with Crippen LogP contribution < -0.4 is 10.3 Å². The molecular formula is C17H15BrN2O4. The Hall–Kier alpha value is -2.14. The van der Waals surface area contributed by atoms with E-state index in [4.69, 9.17) is 14.2 Å². The van der Waals surface area contributed by atoms with Gasteiger partial charge in [0.05, 0.1) is 13.2 Å². The average molecular weight is 391 g/mol. The summed E-state index contributed by atoms with van der Waals surface area (Å²) in [6.07, 6.45) is -0.405. The van der Waals surface area contributed by atoms with Crippen LogP contribution in [0.2, 0.25) is 0 Å². The number of ether oxygens (including phenoxy) is 3. The molecule has 1 N–H and O–H groups in total. The SMILES string of the molecule is Cc1cc(-c2cc(Br)ccc2OCC2OCCO2)c(C#N)c(=O)[nH]1. The summed E-state index contributed by atoms with van der Waals surface area (Å²) >= 11 is 3.42. The van der Waals surface area contributed by atoms with Crippen molar-refractivity contribution in [3.8, 4) is 22.9 Å². The Morgan fingerprint density at radius 1 is 1.33 bits per heavy atom. The molecule has 1 aromatic heterocycles. The van der Waals surface area contributed by atoms with Crippen LogP contribution in [-0.4, -0.2) is 31.1 Å². The van der Waals surface area contributed by atoms with E-state index in [1.807, 2.05) is 18.2 Å². The second kappa shape index (κ2) is 7.18. The number of pyridine rings is 1. The minimum Gasteiger partial charge on any atom is -0.488 e. The van der Waals surface area contributed by atoms with Crippen LogP contribution >= 0.6 is 15.9 Å². The number of H-pyrrole nitrogens is 1. The number of hydrogen-bond acceptors (Lipinski definition) is 5. The number of aryl methyl sites for hydroxylation is 1. The lowest BCUT2D eigenvalue weighted by atomic mass is 10.00. The van der Waals surface area contributed by atoms with E-state index in [-0.39, 0.29) is 12.2 Å². The summed E-state index contributed by atoms with van der Waals surface area (Å²) in [4.78, 5) is 14.7. The first kappa shape index (κ1) is 16.7. The molecule has 124 valence electrons. The van der Waals surface area contributed by atoms with Gasteiger partial charge < -0.3 is 19.2 Å². The minimum atomic E-state index is -0.416. The standard InChI is InChI=1S/C17H15BrN2O4/c1-10-6-12(14(8-19)17(21)20-10)13-7-11(18)2-3-15(13)24-9-16-22-4-5-23-16/h2-3,6-7,16H,4-5,9H2,1H3,(H,20,21). The van der Waals surface area contributed by atoms with Gasteiger partial charge in [0.2, 0.25) is 0 Å². The molecule has 0 bridgehead atoms. The van der Waals surface area contributed by atoms with Gasteiger partial charge in [-0.15, -0.1) is 0 Å². The molecule has 1 aliphatic heterocycles.